The lowest BCUT2D eigenvalue weighted by Crippen LogP contribution is -2.44. The number of methoxy groups -OCH3 is 1. The molecule has 182 valence electrons. The van der Waals surface area contributed by atoms with Gasteiger partial charge in [-0.2, -0.15) is 0 Å². The topological polar surface area (TPSA) is 88.5 Å². The standard InChI is InChI=1S/C24H29N3O5S2/c1-4-17-20(23(30)31-3)21(18-9-7-11-33-18)27-16(14-34-24(27)25-17)12-19(28)26-10-6-8-15(13-26)22(29)32-5-2/h7,9,11,14-15,21H,4-6,8,10,12-13H2,1-3H3/t15-,21+/m0/s1. The predicted molar refractivity (Wildman–Crippen MR) is 132 cm³/mol. The number of aliphatic imine (C=N–C) groups is 1. The third-order valence-electron chi connectivity index (χ3n) is 6.17. The largest absolute Gasteiger partial charge is 0.466 e. The molecule has 0 aromatic carbocycles. The van der Waals surface area contributed by atoms with Gasteiger partial charge in [0, 0.05) is 23.7 Å². The second-order valence-corrected chi connectivity index (χ2v) is 10.0. The Labute approximate surface area is 207 Å². The van der Waals surface area contributed by atoms with Crippen molar-refractivity contribution in [3.05, 3.63) is 44.8 Å². The van der Waals surface area contributed by atoms with E-state index in [4.69, 9.17) is 14.5 Å². The van der Waals surface area contributed by atoms with Crippen LogP contribution in [0.15, 0.2) is 44.9 Å². The van der Waals surface area contributed by atoms with E-state index in [0.717, 1.165) is 28.6 Å². The molecule has 0 unspecified atom stereocenters. The molecule has 10 heteroatoms. The molecule has 3 aliphatic heterocycles. The molecule has 8 nitrogen and oxygen atoms in total. The number of thiophene rings is 1. The number of carbonyl (C=O) groups excluding carboxylic acids is 3. The Bertz CT molecular complexity index is 1050. The molecule has 0 spiro atoms. The normalized spacial score (nSPS) is 22.2. The number of thioether (sulfide) groups is 1. The predicted octanol–water partition coefficient (Wildman–Crippen LogP) is 4.08. The maximum absolute atomic E-state index is 13.3. The quantitative estimate of drug-likeness (QED) is 0.518. The fourth-order valence-electron chi connectivity index (χ4n) is 4.55. The number of piperidine rings is 1. The number of amidine groups is 1. The zero-order valence-corrected chi connectivity index (χ0v) is 21.2. The Hall–Kier alpha value is -2.59. The average Bonchev–Trinajstić information content (AvgIpc) is 3.53. The minimum Gasteiger partial charge on any atom is -0.466 e. The smallest absolute Gasteiger partial charge is 0.338 e. The third-order valence-corrected chi connectivity index (χ3v) is 7.98. The highest BCUT2D eigenvalue weighted by atomic mass is 32.2. The van der Waals surface area contributed by atoms with Gasteiger partial charge in [-0.3, -0.25) is 9.59 Å². The number of fused-ring (bicyclic) bond motifs is 1. The molecule has 1 saturated heterocycles. The van der Waals surface area contributed by atoms with E-state index in [-0.39, 0.29) is 24.2 Å². The molecule has 1 amide bonds. The van der Waals surface area contributed by atoms with Crippen molar-refractivity contribution in [1.29, 1.82) is 0 Å². The number of nitrogens with zero attached hydrogens (tertiary/aromatic N) is 3. The van der Waals surface area contributed by atoms with Gasteiger partial charge in [0.15, 0.2) is 5.17 Å². The summed E-state index contributed by atoms with van der Waals surface area (Å²) in [5, 5.41) is 4.67. The van der Waals surface area contributed by atoms with E-state index < -0.39 is 12.0 Å². The van der Waals surface area contributed by atoms with Crippen LogP contribution in [-0.4, -0.2) is 59.6 Å². The van der Waals surface area contributed by atoms with Gasteiger partial charge >= 0.3 is 11.9 Å². The van der Waals surface area contributed by atoms with Crippen LogP contribution in [0.5, 0.6) is 0 Å². The average molecular weight is 504 g/mol. The fraction of sp³-hybridized carbons (Fsp3) is 0.500. The van der Waals surface area contributed by atoms with Crippen LogP contribution < -0.4 is 0 Å². The monoisotopic (exact) mass is 503 g/mol. The summed E-state index contributed by atoms with van der Waals surface area (Å²) >= 11 is 3.02. The number of hydrogen-bond acceptors (Lipinski definition) is 9. The number of allylic oxidation sites excluding steroid dienone is 1. The molecule has 4 heterocycles. The first kappa shape index (κ1) is 24.5. The Balaban J connectivity index is 1.58. The van der Waals surface area contributed by atoms with Crippen molar-refractivity contribution in [2.45, 2.75) is 45.6 Å². The molecule has 1 fully saturated rings. The maximum Gasteiger partial charge on any atom is 0.338 e. The van der Waals surface area contributed by atoms with Crippen LogP contribution in [0.4, 0.5) is 0 Å². The zero-order chi connectivity index (χ0) is 24.2. The van der Waals surface area contributed by atoms with Gasteiger partial charge in [-0.15, -0.1) is 11.3 Å². The van der Waals surface area contributed by atoms with Crippen molar-refractivity contribution in [2.24, 2.45) is 10.9 Å². The van der Waals surface area contributed by atoms with Gasteiger partial charge in [-0.05, 0) is 43.0 Å². The fourth-order valence-corrected chi connectivity index (χ4v) is 6.31. The Morgan fingerprint density at radius 3 is 2.76 bits per heavy atom. The molecule has 34 heavy (non-hydrogen) atoms. The van der Waals surface area contributed by atoms with E-state index in [2.05, 4.69) is 0 Å². The summed E-state index contributed by atoms with van der Waals surface area (Å²) in [6.07, 6.45) is 2.27. The molecular weight excluding hydrogens is 474 g/mol. The number of ether oxygens (including phenoxy) is 2. The van der Waals surface area contributed by atoms with Crippen molar-refractivity contribution in [3.8, 4) is 0 Å². The number of hydrogen-bond donors (Lipinski definition) is 0. The number of likely N-dealkylation sites (tertiary alicyclic amines) is 1. The van der Waals surface area contributed by atoms with Crippen molar-refractivity contribution in [3.63, 3.8) is 0 Å². The molecular formula is C24H29N3O5S2. The highest BCUT2D eigenvalue weighted by molar-refractivity contribution is 8.16. The minimum atomic E-state index is -0.408. The van der Waals surface area contributed by atoms with Crippen molar-refractivity contribution in [2.75, 3.05) is 26.8 Å². The van der Waals surface area contributed by atoms with Crippen LogP contribution in [0.3, 0.4) is 0 Å². The number of amides is 1. The summed E-state index contributed by atoms with van der Waals surface area (Å²) < 4.78 is 10.3. The van der Waals surface area contributed by atoms with Crippen molar-refractivity contribution >= 4 is 46.1 Å². The van der Waals surface area contributed by atoms with Crippen LogP contribution in [0, 0.1) is 5.92 Å². The van der Waals surface area contributed by atoms with Crippen LogP contribution in [0.2, 0.25) is 0 Å². The van der Waals surface area contributed by atoms with Crippen LogP contribution in [0.25, 0.3) is 0 Å². The number of esters is 2. The summed E-state index contributed by atoms with van der Waals surface area (Å²) in [6, 6.07) is 3.55. The summed E-state index contributed by atoms with van der Waals surface area (Å²) in [5.74, 6) is -0.971. The highest BCUT2D eigenvalue weighted by Crippen LogP contribution is 2.46. The van der Waals surface area contributed by atoms with Gasteiger partial charge in [0.05, 0.1) is 37.3 Å². The third kappa shape index (κ3) is 4.79. The lowest BCUT2D eigenvalue weighted by Gasteiger charge is -2.37. The summed E-state index contributed by atoms with van der Waals surface area (Å²) in [7, 11) is 1.38. The van der Waals surface area contributed by atoms with Crippen LogP contribution in [0.1, 0.15) is 50.4 Å². The first-order valence-corrected chi connectivity index (χ1v) is 13.3. The molecule has 2 atom stereocenters. The van der Waals surface area contributed by atoms with E-state index in [1.54, 1.807) is 23.2 Å². The van der Waals surface area contributed by atoms with E-state index >= 15 is 0 Å². The SMILES string of the molecule is CCOC(=O)[C@H]1CCCN(C(=O)CC2=CSC3=NC(CC)=C(C(=O)OC)[C@@H](c4cccs4)N23)C1. The molecule has 0 N–H and O–H groups in total. The van der Waals surface area contributed by atoms with E-state index in [1.807, 2.05) is 34.7 Å². The summed E-state index contributed by atoms with van der Waals surface area (Å²) in [6.45, 7) is 5.09. The first-order chi connectivity index (χ1) is 16.5. The van der Waals surface area contributed by atoms with Gasteiger partial charge in [-0.25, -0.2) is 9.79 Å². The lowest BCUT2D eigenvalue weighted by molar-refractivity contribution is -0.151. The van der Waals surface area contributed by atoms with Crippen LogP contribution >= 0.6 is 23.1 Å². The zero-order valence-electron chi connectivity index (χ0n) is 19.6. The van der Waals surface area contributed by atoms with E-state index in [1.165, 1.54) is 18.9 Å². The number of rotatable bonds is 7. The van der Waals surface area contributed by atoms with Crippen molar-refractivity contribution < 1.29 is 23.9 Å². The molecule has 1 aromatic rings. The highest BCUT2D eigenvalue weighted by Gasteiger charge is 2.42. The number of carbonyl (C=O) groups is 3. The van der Waals surface area contributed by atoms with E-state index in [9.17, 15) is 14.4 Å². The van der Waals surface area contributed by atoms with E-state index in [0.29, 0.717) is 37.4 Å². The lowest BCUT2D eigenvalue weighted by atomic mass is 9.97. The van der Waals surface area contributed by atoms with Gasteiger partial charge in [0.2, 0.25) is 5.91 Å². The van der Waals surface area contributed by atoms with Crippen molar-refractivity contribution in [1.82, 2.24) is 9.80 Å². The molecule has 4 rings (SSSR count). The van der Waals surface area contributed by atoms with Gasteiger partial charge in [-0.1, -0.05) is 24.8 Å². The minimum absolute atomic E-state index is 0.0445. The molecule has 3 aliphatic rings. The van der Waals surface area contributed by atoms with Crippen LogP contribution in [-0.2, 0) is 23.9 Å². The Morgan fingerprint density at radius 1 is 1.26 bits per heavy atom. The molecule has 0 radical (unpaired) electrons. The maximum atomic E-state index is 13.3. The molecule has 0 saturated carbocycles. The Morgan fingerprint density at radius 2 is 2.09 bits per heavy atom. The van der Waals surface area contributed by atoms with Gasteiger partial charge < -0.3 is 19.3 Å². The van der Waals surface area contributed by atoms with Gasteiger partial charge in [0.1, 0.15) is 6.04 Å². The second-order valence-electron chi connectivity index (χ2n) is 8.22. The molecule has 1 aromatic heterocycles. The van der Waals surface area contributed by atoms with Gasteiger partial charge in [0.25, 0.3) is 0 Å². The Kier molecular flexibility index (Phi) is 7.77. The summed E-state index contributed by atoms with van der Waals surface area (Å²) in [5.41, 5.74) is 2.01. The summed E-state index contributed by atoms with van der Waals surface area (Å²) in [4.78, 5) is 47.8. The second kappa shape index (κ2) is 10.8. The molecule has 0 bridgehead atoms. The first-order valence-electron chi connectivity index (χ1n) is 11.5. The molecule has 0 aliphatic carbocycles.